The monoisotopic (exact) mass is 320 g/mol. The zero-order valence-electron chi connectivity index (χ0n) is 13.9. The van der Waals surface area contributed by atoms with E-state index in [4.69, 9.17) is 15.2 Å². The number of carbonyl (C=O) groups excluding carboxylic acids is 1. The van der Waals surface area contributed by atoms with Crippen molar-refractivity contribution in [3.8, 4) is 0 Å². The first-order valence-electron chi connectivity index (χ1n) is 8.35. The van der Waals surface area contributed by atoms with Gasteiger partial charge in [-0.2, -0.15) is 0 Å². The van der Waals surface area contributed by atoms with Crippen molar-refractivity contribution in [2.75, 3.05) is 33.4 Å². The molecule has 0 bridgehead atoms. The highest BCUT2D eigenvalue weighted by molar-refractivity contribution is 5.76. The summed E-state index contributed by atoms with van der Waals surface area (Å²) < 4.78 is 10.7. The summed E-state index contributed by atoms with van der Waals surface area (Å²) in [6.45, 7) is 3.36. The van der Waals surface area contributed by atoms with Crippen molar-refractivity contribution in [2.45, 2.75) is 31.9 Å². The second-order valence-electron chi connectivity index (χ2n) is 6.11. The van der Waals surface area contributed by atoms with Crippen LogP contribution in [0.1, 0.15) is 24.8 Å². The van der Waals surface area contributed by atoms with E-state index in [1.165, 1.54) is 0 Å². The molecule has 0 radical (unpaired) electrons. The number of hydrogen-bond acceptors (Lipinski definition) is 4. The number of methoxy groups -OCH3 is 1. The lowest BCUT2D eigenvalue weighted by atomic mass is 9.99. The van der Waals surface area contributed by atoms with E-state index in [1.807, 2.05) is 23.1 Å². The molecule has 0 saturated carbocycles. The predicted octanol–water partition coefficient (Wildman–Crippen LogP) is 1.81. The summed E-state index contributed by atoms with van der Waals surface area (Å²) >= 11 is 0. The molecule has 1 aliphatic heterocycles. The molecule has 23 heavy (non-hydrogen) atoms. The van der Waals surface area contributed by atoms with Crippen LogP contribution < -0.4 is 5.73 Å². The van der Waals surface area contributed by atoms with Gasteiger partial charge >= 0.3 is 0 Å². The number of rotatable bonds is 8. The normalized spacial score (nSPS) is 17.0. The van der Waals surface area contributed by atoms with Crippen LogP contribution >= 0.6 is 0 Å². The van der Waals surface area contributed by atoms with Crippen molar-refractivity contribution in [1.29, 1.82) is 0 Å². The van der Waals surface area contributed by atoms with Crippen molar-refractivity contribution in [3.05, 3.63) is 35.9 Å². The summed E-state index contributed by atoms with van der Waals surface area (Å²) in [6.07, 6.45) is 2.16. The number of ether oxygens (including phenoxy) is 2. The largest absolute Gasteiger partial charge is 0.381 e. The molecule has 128 valence electrons. The van der Waals surface area contributed by atoms with Crippen LogP contribution in [-0.2, 0) is 20.8 Å². The standard InChI is InChI=1S/C18H28N2O3/c1-22-17(12-19)11-18(21)20(13-15-5-3-2-4-6-15)14-16-7-9-23-10-8-16/h2-6,16-17H,7-14,19H2,1H3. The molecule has 1 unspecified atom stereocenters. The van der Waals surface area contributed by atoms with Crippen LogP contribution in [0.15, 0.2) is 30.3 Å². The van der Waals surface area contributed by atoms with Gasteiger partial charge in [0.15, 0.2) is 0 Å². The SMILES string of the molecule is COC(CN)CC(=O)N(Cc1ccccc1)CC1CCOCC1. The minimum atomic E-state index is -0.213. The Morgan fingerprint density at radius 1 is 1.35 bits per heavy atom. The van der Waals surface area contributed by atoms with Crippen LogP contribution in [0.4, 0.5) is 0 Å². The van der Waals surface area contributed by atoms with E-state index in [-0.39, 0.29) is 12.0 Å². The third kappa shape index (κ3) is 5.94. The van der Waals surface area contributed by atoms with Gasteiger partial charge in [-0.25, -0.2) is 0 Å². The number of carbonyl (C=O) groups is 1. The Morgan fingerprint density at radius 2 is 2.04 bits per heavy atom. The minimum Gasteiger partial charge on any atom is -0.381 e. The first-order chi connectivity index (χ1) is 11.2. The van der Waals surface area contributed by atoms with Crippen molar-refractivity contribution in [3.63, 3.8) is 0 Å². The zero-order valence-corrected chi connectivity index (χ0v) is 13.9. The lowest BCUT2D eigenvalue weighted by Gasteiger charge is -2.31. The second kappa shape index (κ2) is 9.65. The summed E-state index contributed by atoms with van der Waals surface area (Å²) in [7, 11) is 1.60. The van der Waals surface area contributed by atoms with Gasteiger partial charge in [-0.15, -0.1) is 0 Å². The lowest BCUT2D eigenvalue weighted by Crippen LogP contribution is -2.39. The van der Waals surface area contributed by atoms with Crippen molar-refractivity contribution in [2.24, 2.45) is 11.7 Å². The molecule has 5 heteroatoms. The Balaban J connectivity index is 2.01. The van der Waals surface area contributed by atoms with Gasteiger partial charge in [0.2, 0.25) is 5.91 Å². The molecule has 1 aromatic carbocycles. The Labute approximate surface area is 138 Å². The van der Waals surface area contributed by atoms with Crippen LogP contribution in [0.5, 0.6) is 0 Å². The highest BCUT2D eigenvalue weighted by Gasteiger charge is 2.23. The molecule has 1 aromatic rings. The van der Waals surface area contributed by atoms with Gasteiger partial charge in [0, 0.05) is 40.0 Å². The molecule has 5 nitrogen and oxygen atoms in total. The minimum absolute atomic E-state index is 0.109. The molecule has 0 aliphatic carbocycles. The summed E-state index contributed by atoms with van der Waals surface area (Å²) in [6, 6.07) is 10.1. The van der Waals surface area contributed by atoms with Gasteiger partial charge in [-0.3, -0.25) is 4.79 Å². The highest BCUT2D eigenvalue weighted by Crippen LogP contribution is 2.18. The average Bonchev–Trinajstić information content (AvgIpc) is 2.60. The predicted molar refractivity (Wildman–Crippen MR) is 89.9 cm³/mol. The van der Waals surface area contributed by atoms with Crippen molar-refractivity contribution in [1.82, 2.24) is 4.90 Å². The van der Waals surface area contributed by atoms with Gasteiger partial charge in [0.1, 0.15) is 0 Å². The molecule has 0 spiro atoms. The molecule has 1 aliphatic rings. The van der Waals surface area contributed by atoms with Crippen LogP contribution in [0.3, 0.4) is 0 Å². The number of benzene rings is 1. The summed E-state index contributed by atoms with van der Waals surface area (Å²) in [5.74, 6) is 0.618. The molecular weight excluding hydrogens is 292 g/mol. The highest BCUT2D eigenvalue weighted by atomic mass is 16.5. The van der Waals surface area contributed by atoms with Gasteiger partial charge < -0.3 is 20.1 Å². The fourth-order valence-electron chi connectivity index (χ4n) is 2.89. The number of amides is 1. The van der Waals surface area contributed by atoms with E-state index in [9.17, 15) is 4.79 Å². The summed E-state index contributed by atoms with van der Waals surface area (Å²) in [5.41, 5.74) is 6.80. The van der Waals surface area contributed by atoms with E-state index >= 15 is 0 Å². The summed E-state index contributed by atoms with van der Waals surface area (Å²) in [5, 5.41) is 0. The van der Waals surface area contributed by atoms with E-state index in [0.29, 0.717) is 25.4 Å². The molecule has 2 N–H and O–H groups in total. The zero-order chi connectivity index (χ0) is 16.5. The number of hydrogen-bond donors (Lipinski definition) is 1. The molecule has 1 saturated heterocycles. The maximum atomic E-state index is 12.7. The number of nitrogens with zero attached hydrogens (tertiary/aromatic N) is 1. The second-order valence-corrected chi connectivity index (χ2v) is 6.11. The molecule has 0 aromatic heterocycles. The Kier molecular flexibility index (Phi) is 7.52. The Morgan fingerprint density at radius 3 is 2.65 bits per heavy atom. The Hall–Kier alpha value is -1.43. The third-order valence-corrected chi connectivity index (χ3v) is 4.39. The molecule has 1 heterocycles. The number of nitrogens with two attached hydrogens (primary N) is 1. The molecule has 1 amide bonds. The van der Waals surface area contributed by atoms with Crippen LogP contribution in [0.2, 0.25) is 0 Å². The van der Waals surface area contributed by atoms with Crippen LogP contribution in [-0.4, -0.2) is 50.3 Å². The summed E-state index contributed by atoms with van der Waals surface area (Å²) in [4.78, 5) is 14.7. The fraction of sp³-hybridized carbons (Fsp3) is 0.611. The van der Waals surface area contributed by atoms with Gasteiger partial charge in [0.05, 0.1) is 12.5 Å². The first kappa shape index (κ1) is 17.9. The molecule has 2 rings (SSSR count). The topological polar surface area (TPSA) is 64.8 Å². The smallest absolute Gasteiger partial charge is 0.225 e. The van der Waals surface area contributed by atoms with Crippen LogP contribution in [0.25, 0.3) is 0 Å². The van der Waals surface area contributed by atoms with E-state index in [0.717, 1.165) is 38.2 Å². The molecule has 1 fully saturated rings. The maximum absolute atomic E-state index is 12.7. The van der Waals surface area contributed by atoms with Gasteiger partial charge in [-0.05, 0) is 24.3 Å². The first-order valence-corrected chi connectivity index (χ1v) is 8.35. The van der Waals surface area contributed by atoms with E-state index in [2.05, 4.69) is 12.1 Å². The van der Waals surface area contributed by atoms with Gasteiger partial charge in [-0.1, -0.05) is 30.3 Å². The maximum Gasteiger partial charge on any atom is 0.225 e. The van der Waals surface area contributed by atoms with Crippen molar-refractivity contribution < 1.29 is 14.3 Å². The third-order valence-electron chi connectivity index (χ3n) is 4.39. The quantitative estimate of drug-likeness (QED) is 0.793. The Bertz CT molecular complexity index is 457. The fourth-order valence-corrected chi connectivity index (χ4v) is 2.89. The van der Waals surface area contributed by atoms with E-state index < -0.39 is 0 Å². The average molecular weight is 320 g/mol. The molecule has 1 atom stereocenters. The van der Waals surface area contributed by atoms with Crippen molar-refractivity contribution >= 4 is 5.91 Å². The molecular formula is C18H28N2O3. The van der Waals surface area contributed by atoms with Gasteiger partial charge in [0.25, 0.3) is 0 Å². The lowest BCUT2D eigenvalue weighted by molar-refractivity contribution is -0.135. The van der Waals surface area contributed by atoms with E-state index in [1.54, 1.807) is 7.11 Å². The van der Waals surface area contributed by atoms with Crippen LogP contribution in [0, 0.1) is 5.92 Å².